The van der Waals surface area contributed by atoms with Gasteiger partial charge in [0.15, 0.2) is 0 Å². The first kappa shape index (κ1) is 11.4. The van der Waals surface area contributed by atoms with Crippen LogP contribution in [0.15, 0.2) is 18.5 Å². The van der Waals surface area contributed by atoms with Crippen LogP contribution >= 0.6 is 11.6 Å². The average molecular weight is 255 g/mol. The van der Waals surface area contributed by atoms with Crippen LogP contribution in [0.3, 0.4) is 0 Å². The van der Waals surface area contributed by atoms with Crippen molar-refractivity contribution in [3.8, 4) is 0 Å². The average Bonchev–Trinajstić information content (AvgIpc) is 2.62. The number of hydrogen-bond acceptors (Lipinski definition) is 2. The summed E-state index contributed by atoms with van der Waals surface area (Å²) in [6.45, 7) is 0. The number of piperidine rings is 1. The van der Waals surface area contributed by atoms with Crippen molar-refractivity contribution in [3.05, 3.63) is 29.0 Å². The number of halogens is 2. The summed E-state index contributed by atoms with van der Waals surface area (Å²) in [5.74, 6) is 0. The summed E-state index contributed by atoms with van der Waals surface area (Å²) in [6, 6.07) is 2.55. The summed E-state index contributed by atoms with van der Waals surface area (Å²) in [5.41, 5.74) is -0.215. The second-order valence-electron chi connectivity index (χ2n) is 5.34. The minimum Gasteiger partial charge on any atom is -0.311 e. The lowest BCUT2D eigenvalue weighted by Crippen LogP contribution is -2.47. The van der Waals surface area contributed by atoms with Gasteiger partial charge in [0.05, 0.1) is 5.02 Å². The van der Waals surface area contributed by atoms with Crippen LogP contribution in [-0.2, 0) is 6.42 Å². The summed E-state index contributed by atoms with van der Waals surface area (Å²) < 4.78 is 14.9. The summed E-state index contributed by atoms with van der Waals surface area (Å²) in [6.07, 6.45) is 7.14. The number of pyridine rings is 1. The zero-order valence-corrected chi connectivity index (χ0v) is 10.4. The molecular formula is C13H16ClFN2. The molecule has 0 aliphatic carbocycles. The molecule has 0 aromatic carbocycles. The summed E-state index contributed by atoms with van der Waals surface area (Å²) in [7, 11) is 0. The molecule has 0 spiro atoms. The van der Waals surface area contributed by atoms with E-state index in [4.69, 9.17) is 11.6 Å². The van der Waals surface area contributed by atoms with Gasteiger partial charge in [0.2, 0.25) is 0 Å². The molecule has 3 rings (SSSR count). The maximum Gasteiger partial charge on any atom is 0.118 e. The smallest absolute Gasteiger partial charge is 0.118 e. The Balaban J connectivity index is 1.78. The van der Waals surface area contributed by atoms with Crippen molar-refractivity contribution < 1.29 is 4.39 Å². The number of rotatable bonds is 2. The molecule has 1 aromatic heterocycles. The second-order valence-corrected chi connectivity index (χ2v) is 5.75. The monoisotopic (exact) mass is 254 g/mol. The predicted molar refractivity (Wildman–Crippen MR) is 66.0 cm³/mol. The lowest BCUT2D eigenvalue weighted by Gasteiger charge is -2.35. The molecule has 4 heteroatoms. The molecule has 0 radical (unpaired) electrons. The molecule has 2 atom stereocenters. The van der Waals surface area contributed by atoms with Crippen LogP contribution in [0.4, 0.5) is 4.39 Å². The number of hydrogen-bond donors (Lipinski definition) is 1. The van der Waals surface area contributed by atoms with Crippen molar-refractivity contribution in [1.82, 2.24) is 10.3 Å². The molecule has 1 N–H and O–H groups in total. The lowest BCUT2D eigenvalue weighted by atomic mass is 9.84. The molecule has 2 nitrogen and oxygen atoms in total. The first-order valence-corrected chi connectivity index (χ1v) is 6.56. The second kappa shape index (κ2) is 4.21. The number of nitrogens with one attached hydrogen (secondary N) is 1. The Hall–Kier alpha value is -0.670. The molecule has 17 heavy (non-hydrogen) atoms. The number of nitrogens with zero attached hydrogens (tertiary/aromatic N) is 1. The minimum absolute atomic E-state index is 0.361. The molecule has 0 amide bonds. The molecular weight excluding hydrogens is 239 g/mol. The van der Waals surface area contributed by atoms with E-state index in [-0.39, 0.29) is 0 Å². The highest BCUT2D eigenvalue weighted by Gasteiger charge is 2.44. The van der Waals surface area contributed by atoms with Gasteiger partial charge < -0.3 is 5.32 Å². The molecule has 92 valence electrons. The molecule has 2 aliphatic heterocycles. The molecule has 2 bridgehead atoms. The highest BCUT2D eigenvalue weighted by molar-refractivity contribution is 6.31. The molecule has 0 saturated carbocycles. The van der Waals surface area contributed by atoms with Crippen LogP contribution in [0.25, 0.3) is 0 Å². The molecule has 1 aromatic rings. The number of aromatic nitrogens is 1. The normalized spacial score (nSPS) is 36.1. The Bertz CT molecular complexity index is 412. The quantitative estimate of drug-likeness (QED) is 0.878. The van der Waals surface area contributed by atoms with Gasteiger partial charge in [0.25, 0.3) is 0 Å². The number of alkyl halides is 1. The number of fused-ring (bicyclic) bond motifs is 2. The van der Waals surface area contributed by atoms with E-state index in [1.54, 1.807) is 12.4 Å². The maximum absolute atomic E-state index is 14.9. The van der Waals surface area contributed by atoms with Crippen molar-refractivity contribution in [2.45, 2.75) is 49.9 Å². The SMILES string of the molecule is FC1(Cc2ccncc2Cl)CC2CCC(C1)N2. The van der Waals surface area contributed by atoms with Crippen molar-refractivity contribution in [3.63, 3.8) is 0 Å². The third-order valence-corrected chi connectivity index (χ3v) is 4.26. The van der Waals surface area contributed by atoms with Crippen molar-refractivity contribution in [1.29, 1.82) is 0 Å². The zero-order chi connectivity index (χ0) is 11.9. The van der Waals surface area contributed by atoms with E-state index in [9.17, 15) is 4.39 Å². The van der Waals surface area contributed by atoms with E-state index < -0.39 is 5.67 Å². The van der Waals surface area contributed by atoms with Gasteiger partial charge in [0.1, 0.15) is 5.67 Å². The summed E-state index contributed by atoms with van der Waals surface area (Å²) in [5, 5.41) is 4.04. The Labute approximate surface area is 106 Å². The third-order valence-electron chi connectivity index (χ3n) is 3.92. The van der Waals surface area contributed by atoms with Crippen LogP contribution in [0.5, 0.6) is 0 Å². The standard InChI is InChI=1S/C13H16ClFN2/c14-12-8-16-4-3-9(12)5-13(15)6-10-1-2-11(7-13)17-10/h3-4,8,10-11,17H,1-2,5-7H2. The summed E-state index contributed by atoms with van der Waals surface area (Å²) in [4.78, 5) is 3.94. The first-order chi connectivity index (χ1) is 8.15. The largest absolute Gasteiger partial charge is 0.311 e. The van der Waals surface area contributed by atoms with E-state index in [0.29, 0.717) is 36.4 Å². The lowest BCUT2D eigenvalue weighted by molar-refractivity contribution is 0.0894. The van der Waals surface area contributed by atoms with Crippen molar-refractivity contribution in [2.75, 3.05) is 0 Å². The Kier molecular flexibility index (Phi) is 2.83. The van der Waals surface area contributed by atoms with Crippen LogP contribution in [0, 0.1) is 0 Å². The minimum atomic E-state index is -1.10. The zero-order valence-electron chi connectivity index (χ0n) is 9.63. The van der Waals surface area contributed by atoms with Crippen molar-refractivity contribution >= 4 is 11.6 Å². The van der Waals surface area contributed by atoms with Gasteiger partial charge >= 0.3 is 0 Å². The molecule has 3 heterocycles. The first-order valence-electron chi connectivity index (χ1n) is 6.18. The predicted octanol–water partition coefficient (Wildman–Crippen LogP) is 2.90. The van der Waals surface area contributed by atoms with E-state index in [1.807, 2.05) is 6.07 Å². The molecule has 2 aliphatic rings. The fourth-order valence-corrected chi connectivity index (χ4v) is 3.41. The van der Waals surface area contributed by atoms with E-state index in [0.717, 1.165) is 18.4 Å². The highest BCUT2D eigenvalue weighted by Crippen LogP contribution is 2.39. The Morgan fingerprint density at radius 3 is 2.76 bits per heavy atom. The van der Waals surface area contributed by atoms with Gasteiger partial charge in [-0.15, -0.1) is 0 Å². The topological polar surface area (TPSA) is 24.9 Å². The van der Waals surface area contributed by atoms with Gasteiger partial charge in [-0.05, 0) is 37.3 Å². The Morgan fingerprint density at radius 1 is 1.41 bits per heavy atom. The van der Waals surface area contributed by atoms with Gasteiger partial charge in [-0.25, -0.2) is 4.39 Å². The van der Waals surface area contributed by atoms with Crippen LogP contribution in [0.1, 0.15) is 31.2 Å². The van der Waals surface area contributed by atoms with Crippen LogP contribution < -0.4 is 5.32 Å². The third kappa shape index (κ3) is 2.31. The van der Waals surface area contributed by atoms with Crippen molar-refractivity contribution in [2.24, 2.45) is 0 Å². The molecule has 2 fully saturated rings. The van der Waals surface area contributed by atoms with Gasteiger partial charge in [-0.1, -0.05) is 11.6 Å². The van der Waals surface area contributed by atoms with Gasteiger partial charge in [-0.3, -0.25) is 4.98 Å². The molecule has 2 unspecified atom stereocenters. The van der Waals surface area contributed by atoms with Crippen LogP contribution in [-0.4, -0.2) is 22.7 Å². The maximum atomic E-state index is 14.9. The van der Waals surface area contributed by atoms with Gasteiger partial charge in [0, 0.05) is 30.9 Å². The fourth-order valence-electron chi connectivity index (χ4n) is 3.22. The van der Waals surface area contributed by atoms with E-state index in [2.05, 4.69) is 10.3 Å². The Morgan fingerprint density at radius 2 is 2.12 bits per heavy atom. The summed E-state index contributed by atoms with van der Waals surface area (Å²) >= 11 is 6.05. The highest BCUT2D eigenvalue weighted by atomic mass is 35.5. The molecule has 2 saturated heterocycles. The van der Waals surface area contributed by atoms with Gasteiger partial charge in [-0.2, -0.15) is 0 Å². The van der Waals surface area contributed by atoms with E-state index in [1.165, 1.54) is 0 Å². The van der Waals surface area contributed by atoms with E-state index >= 15 is 0 Å². The van der Waals surface area contributed by atoms with Crippen LogP contribution in [0.2, 0.25) is 5.02 Å². The fraction of sp³-hybridized carbons (Fsp3) is 0.615.